The fourth-order valence-electron chi connectivity index (χ4n) is 1.20. The molecule has 0 radical (unpaired) electrons. The van der Waals surface area contributed by atoms with Crippen LogP contribution in [0.1, 0.15) is 16.2 Å². The van der Waals surface area contributed by atoms with Crippen LogP contribution < -0.4 is 10.0 Å². The largest absolute Gasteiger partial charge is 0.368 e. The van der Waals surface area contributed by atoms with Crippen molar-refractivity contribution in [3.63, 3.8) is 0 Å². The number of nitrogens with zero attached hydrogens (tertiary/aromatic N) is 2. The van der Waals surface area contributed by atoms with Crippen LogP contribution in [0, 0.1) is 6.92 Å². The van der Waals surface area contributed by atoms with Gasteiger partial charge < -0.3 is 5.32 Å². The molecule has 7 nitrogen and oxygen atoms in total. The first kappa shape index (κ1) is 14.8. The standard InChI is InChI=1S/C9H13ClN4O3S/c1-6-13-8(10)7(5-15)9(14-6)11-3-4-12-18(2,16)17/h5,12H,3-4H2,1-2H3,(H,11,13,14). The lowest BCUT2D eigenvalue weighted by Crippen LogP contribution is -2.28. The average Bonchev–Trinajstić information content (AvgIpc) is 2.22. The van der Waals surface area contributed by atoms with Crippen LogP contribution in [0.3, 0.4) is 0 Å². The third kappa shape index (κ3) is 4.55. The average molecular weight is 293 g/mol. The Morgan fingerprint density at radius 2 is 2.00 bits per heavy atom. The van der Waals surface area contributed by atoms with E-state index in [-0.39, 0.29) is 29.6 Å². The Hall–Kier alpha value is -1.25. The van der Waals surface area contributed by atoms with Crippen molar-refractivity contribution in [3.8, 4) is 0 Å². The van der Waals surface area contributed by atoms with Gasteiger partial charge >= 0.3 is 0 Å². The molecule has 2 N–H and O–H groups in total. The van der Waals surface area contributed by atoms with E-state index in [4.69, 9.17) is 11.6 Å². The van der Waals surface area contributed by atoms with Crippen LogP contribution in [0.5, 0.6) is 0 Å². The Balaban J connectivity index is 2.70. The van der Waals surface area contributed by atoms with Gasteiger partial charge in [-0.1, -0.05) is 11.6 Å². The summed E-state index contributed by atoms with van der Waals surface area (Å²) in [4.78, 5) is 18.7. The van der Waals surface area contributed by atoms with Gasteiger partial charge in [0.25, 0.3) is 0 Å². The molecule has 1 aromatic rings. The number of aryl methyl sites for hydroxylation is 1. The lowest BCUT2D eigenvalue weighted by molar-refractivity contribution is 0.112. The molecule has 0 spiro atoms. The third-order valence-electron chi connectivity index (χ3n) is 1.91. The Bertz CT molecular complexity index is 547. The van der Waals surface area contributed by atoms with E-state index in [0.29, 0.717) is 12.1 Å². The minimum Gasteiger partial charge on any atom is -0.368 e. The number of nitrogens with one attached hydrogen (secondary N) is 2. The van der Waals surface area contributed by atoms with Crippen LogP contribution in [0.4, 0.5) is 5.82 Å². The second-order valence-corrected chi connectivity index (χ2v) is 5.73. The summed E-state index contributed by atoms with van der Waals surface area (Å²) in [5.41, 5.74) is 0.154. The Kier molecular flexibility index (Phi) is 5.00. The molecule has 0 fully saturated rings. The smallest absolute Gasteiger partial charge is 0.208 e. The van der Waals surface area contributed by atoms with Gasteiger partial charge in [-0.3, -0.25) is 4.79 Å². The Morgan fingerprint density at radius 3 is 2.56 bits per heavy atom. The highest BCUT2D eigenvalue weighted by Crippen LogP contribution is 2.18. The second kappa shape index (κ2) is 6.07. The lowest BCUT2D eigenvalue weighted by atomic mass is 10.3. The van der Waals surface area contributed by atoms with Crippen LogP contribution in [0.15, 0.2) is 0 Å². The summed E-state index contributed by atoms with van der Waals surface area (Å²) in [6.07, 6.45) is 1.61. The summed E-state index contributed by atoms with van der Waals surface area (Å²) in [5, 5.41) is 2.89. The summed E-state index contributed by atoms with van der Waals surface area (Å²) in [6.45, 7) is 2.10. The molecule has 100 valence electrons. The van der Waals surface area contributed by atoms with Gasteiger partial charge in [-0.05, 0) is 6.92 Å². The molecule has 0 aliphatic rings. The van der Waals surface area contributed by atoms with Crippen molar-refractivity contribution in [3.05, 3.63) is 16.5 Å². The first-order chi connectivity index (χ1) is 8.33. The summed E-state index contributed by atoms with van der Waals surface area (Å²) in [6, 6.07) is 0. The van der Waals surface area contributed by atoms with Gasteiger partial charge in [0.1, 0.15) is 16.8 Å². The number of sulfonamides is 1. The van der Waals surface area contributed by atoms with Crippen LogP contribution in [-0.4, -0.2) is 44.0 Å². The quantitative estimate of drug-likeness (QED) is 0.442. The van der Waals surface area contributed by atoms with E-state index in [9.17, 15) is 13.2 Å². The molecule has 0 aliphatic heterocycles. The fourth-order valence-corrected chi connectivity index (χ4v) is 1.93. The topological polar surface area (TPSA) is 101 Å². The Labute approximate surface area is 110 Å². The summed E-state index contributed by atoms with van der Waals surface area (Å²) < 4.78 is 24.0. The van der Waals surface area contributed by atoms with E-state index in [2.05, 4.69) is 20.0 Å². The summed E-state index contributed by atoms with van der Waals surface area (Å²) in [7, 11) is -3.23. The summed E-state index contributed by atoms with van der Waals surface area (Å²) >= 11 is 5.79. The van der Waals surface area contributed by atoms with Crippen molar-refractivity contribution in [1.82, 2.24) is 14.7 Å². The molecule has 0 unspecified atom stereocenters. The molecule has 9 heteroatoms. The van der Waals surface area contributed by atoms with Crippen LogP contribution in [-0.2, 0) is 10.0 Å². The van der Waals surface area contributed by atoms with Crippen LogP contribution >= 0.6 is 11.6 Å². The van der Waals surface area contributed by atoms with Gasteiger partial charge in [0.15, 0.2) is 6.29 Å². The molecule has 18 heavy (non-hydrogen) atoms. The maximum atomic E-state index is 10.8. The Morgan fingerprint density at radius 1 is 1.33 bits per heavy atom. The number of carbonyl (C=O) groups excluding carboxylic acids is 1. The van der Waals surface area contributed by atoms with E-state index >= 15 is 0 Å². The van der Waals surface area contributed by atoms with Gasteiger partial charge in [-0.15, -0.1) is 0 Å². The van der Waals surface area contributed by atoms with Crippen LogP contribution in [0.2, 0.25) is 5.15 Å². The SMILES string of the molecule is Cc1nc(Cl)c(C=O)c(NCCNS(C)(=O)=O)n1. The predicted octanol–water partition coefficient (Wildman–Crippen LogP) is 0.212. The number of aromatic nitrogens is 2. The second-order valence-electron chi connectivity index (χ2n) is 3.54. The minimum atomic E-state index is -3.23. The molecule has 0 bridgehead atoms. The molecule has 0 atom stereocenters. The number of anilines is 1. The highest BCUT2D eigenvalue weighted by molar-refractivity contribution is 7.88. The zero-order chi connectivity index (χ0) is 13.8. The molecule has 0 aliphatic carbocycles. The number of hydrogen-bond acceptors (Lipinski definition) is 6. The van der Waals surface area contributed by atoms with Gasteiger partial charge in [0.05, 0.1) is 11.8 Å². The predicted molar refractivity (Wildman–Crippen MR) is 68.5 cm³/mol. The molecule has 1 heterocycles. The van der Waals surface area contributed by atoms with Gasteiger partial charge in [0.2, 0.25) is 10.0 Å². The maximum absolute atomic E-state index is 10.8. The zero-order valence-electron chi connectivity index (χ0n) is 9.90. The van der Waals surface area contributed by atoms with Crippen molar-refractivity contribution in [2.45, 2.75) is 6.92 Å². The van der Waals surface area contributed by atoms with E-state index in [1.807, 2.05) is 0 Å². The van der Waals surface area contributed by atoms with E-state index in [1.54, 1.807) is 6.92 Å². The van der Waals surface area contributed by atoms with Gasteiger partial charge in [0, 0.05) is 13.1 Å². The number of rotatable bonds is 6. The van der Waals surface area contributed by atoms with E-state index in [0.717, 1.165) is 6.26 Å². The van der Waals surface area contributed by atoms with Gasteiger partial charge in [-0.25, -0.2) is 23.1 Å². The molecule has 1 rings (SSSR count). The normalized spacial score (nSPS) is 11.3. The molecule has 0 saturated carbocycles. The van der Waals surface area contributed by atoms with Crippen molar-refractivity contribution in [2.24, 2.45) is 0 Å². The monoisotopic (exact) mass is 292 g/mol. The molecule has 0 amide bonds. The first-order valence-electron chi connectivity index (χ1n) is 5.01. The fraction of sp³-hybridized carbons (Fsp3) is 0.444. The number of aldehydes is 1. The first-order valence-corrected chi connectivity index (χ1v) is 7.28. The highest BCUT2D eigenvalue weighted by Gasteiger charge is 2.10. The van der Waals surface area contributed by atoms with Gasteiger partial charge in [-0.2, -0.15) is 0 Å². The number of halogens is 1. The number of carbonyl (C=O) groups is 1. The number of hydrogen-bond donors (Lipinski definition) is 2. The molecule has 0 aromatic carbocycles. The molecular weight excluding hydrogens is 280 g/mol. The van der Waals surface area contributed by atoms with Crippen molar-refractivity contribution in [2.75, 3.05) is 24.7 Å². The highest BCUT2D eigenvalue weighted by atomic mass is 35.5. The van der Waals surface area contributed by atoms with Crippen molar-refractivity contribution >= 4 is 33.7 Å². The molecule has 0 saturated heterocycles. The lowest BCUT2D eigenvalue weighted by Gasteiger charge is -2.09. The van der Waals surface area contributed by atoms with Crippen molar-refractivity contribution in [1.29, 1.82) is 0 Å². The zero-order valence-corrected chi connectivity index (χ0v) is 11.5. The summed E-state index contributed by atoms with van der Waals surface area (Å²) in [5.74, 6) is 0.710. The maximum Gasteiger partial charge on any atom is 0.208 e. The molecular formula is C9H13ClN4O3S. The van der Waals surface area contributed by atoms with Crippen LogP contribution in [0.25, 0.3) is 0 Å². The molecule has 1 aromatic heterocycles. The van der Waals surface area contributed by atoms with E-state index in [1.165, 1.54) is 0 Å². The third-order valence-corrected chi connectivity index (χ3v) is 2.93. The van der Waals surface area contributed by atoms with Crippen molar-refractivity contribution < 1.29 is 13.2 Å². The minimum absolute atomic E-state index is 0.0658. The van der Waals surface area contributed by atoms with E-state index < -0.39 is 10.0 Å².